The second-order valence-corrected chi connectivity index (χ2v) is 4.91. The SMILES string of the molecule is CC(C)C1(c2ccccc2)COC(=O)N(C)C1=O. The van der Waals surface area contributed by atoms with E-state index in [0.717, 1.165) is 10.5 Å². The molecule has 1 aliphatic rings. The minimum atomic E-state index is -0.774. The molecule has 0 saturated carbocycles. The standard InChI is InChI=1S/C14H17NO3/c1-10(2)14(11-7-5-4-6-8-11)9-18-13(17)15(3)12(14)16/h4-8,10H,9H2,1-3H3. The highest BCUT2D eigenvalue weighted by Gasteiger charge is 2.50. The summed E-state index contributed by atoms with van der Waals surface area (Å²) in [5, 5.41) is 0. The molecule has 1 saturated heterocycles. The molecule has 0 N–H and O–H groups in total. The number of likely N-dealkylation sites (N-methyl/N-ethyl adjacent to an activating group) is 1. The summed E-state index contributed by atoms with van der Waals surface area (Å²) < 4.78 is 5.16. The molecule has 18 heavy (non-hydrogen) atoms. The number of amides is 2. The summed E-state index contributed by atoms with van der Waals surface area (Å²) in [4.78, 5) is 25.0. The Morgan fingerprint density at radius 1 is 1.22 bits per heavy atom. The third-order valence-electron chi connectivity index (χ3n) is 3.66. The molecule has 0 aliphatic carbocycles. The maximum atomic E-state index is 12.5. The number of ether oxygens (including phenoxy) is 1. The maximum Gasteiger partial charge on any atom is 0.416 e. The molecule has 0 aromatic heterocycles. The average molecular weight is 247 g/mol. The second-order valence-electron chi connectivity index (χ2n) is 4.91. The first kappa shape index (κ1) is 12.6. The fourth-order valence-corrected chi connectivity index (χ4v) is 2.41. The molecule has 0 bridgehead atoms. The van der Waals surface area contributed by atoms with Crippen molar-refractivity contribution < 1.29 is 14.3 Å². The van der Waals surface area contributed by atoms with Crippen molar-refractivity contribution in [2.45, 2.75) is 19.3 Å². The molecule has 1 aromatic carbocycles. The summed E-state index contributed by atoms with van der Waals surface area (Å²) in [7, 11) is 1.46. The lowest BCUT2D eigenvalue weighted by Crippen LogP contribution is -2.58. The van der Waals surface area contributed by atoms with Gasteiger partial charge in [0, 0.05) is 7.05 Å². The smallest absolute Gasteiger partial charge is 0.416 e. The van der Waals surface area contributed by atoms with E-state index in [4.69, 9.17) is 4.74 Å². The van der Waals surface area contributed by atoms with Crippen LogP contribution in [0.25, 0.3) is 0 Å². The van der Waals surface area contributed by atoms with Crippen molar-refractivity contribution in [3.05, 3.63) is 35.9 Å². The van der Waals surface area contributed by atoms with Crippen LogP contribution in [0.4, 0.5) is 4.79 Å². The number of carbonyl (C=O) groups excluding carboxylic acids is 2. The molecule has 4 nitrogen and oxygen atoms in total. The van der Waals surface area contributed by atoms with Crippen LogP contribution in [-0.4, -0.2) is 30.6 Å². The lowest BCUT2D eigenvalue weighted by atomic mass is 9.70. The van der Waals surface area contributed by atoms with Gasteiger partial charge in [0.2, 0.25) is 5.91 Å². The largest absolute Gasteiger partial charge is 0.448 e. The van der Waals surface area contributed by atoms with Crippen LogP contribution >= 0.6 is 0 Å². The number of cyclic esters (lactones) is 1. The van der Waals surface area contributed by atoms with Crippen molar-refractivity contribution in [2.75, 3.05) is 13.7 Å². The Bertz CT molecular complexity index is 469. The number of carbonyl (C=O) groups is 2. The Kier molecular flexibility index (Phi) is 3.11. The zero-order valence-electron chi connectivity index (χ0n) is 10.8. The van der Waals surface area contributed by atoms with Crippen LogP contribution in [0.5, 0.6) is 0 Å². The van der Waals surface area contributed by atoms with Crippen molar-refractivity contribution in [1.82, 2.24) is 4.90 Å². The summed E-state index contributed by atoms with van der Waals surface area (Å²) in [6.07, 6.45) is -0.577. The molecule has 1 aliphatic heterocycles. The lowest BCUT2D eigenvalue weighted by Gasteiger charge is -2.41. The Balaban J connectivity index is 2.52. The van der Waals surface area contributed by atoms with Gasteiger partial charge in [-0.05, 0) is 11.5 Å². The van der Waals surface area contributed by atoms with Gasteiger partial charge in [0.1, 0.15) is 12.0 Å². The van der Waals surface area contributed by atoms with E-state index in [2.05, 4.69) is 0 Å². The Morgan fingerprint density at radius 2 is 1.83 bits per heavy atom. The van der Waals surface area contributed by atoms with Crippen LogP contribution < -0.4 is 0 Å². The quantitative estimate of drug-likeness (QED) is 0.804. The molecule has 2 amide bonds. The van der Waals surface area contributed by atoms with Gasteiger partial charge < -0.3 is 4.74 Å². The second kappa shape index (κ2) is 4.44. The first-order valence-corrected chi connectivity index (χ1v) is 6.00. The molecule has 1 unspecified atom stereocenters. The first-order chi connectivity index (χ1) is 8.50. The van der Waals surface area contributed by atoms with Gasteiger partial charge in [-0.25, -0.2) is 9.69 Å². The van der Waals surface area contributed by atoms with Gasteiger partial charge in [-0.1, -0.05) is 44.2 Å². The van der Waals surface area contributed by atoms with Crippen LogP contribution in [0.1, 0.15) is 19.4 Å². The summed E-state index contributed by atoms with van der Waals surface area (Å²) in [5.74, 6) is -0.150. The highest BCUT2D eigenvalue weighted by Crippen LogP contribution is 2.37. The molecular formula is C14H17NO3. The summed E-state index contributed by atoms with van der Waals surface area (Å²) in [6, 6.07) is 9.50. The minimum absolute atomic E-state index is 0.0444. The summed E-state index contributed by atoms with van der Waals surface area (Å²) >= 11 is 0. The van der Waals surface area contributed by atoms with Gasteiger partial charge in [-0.3, -0.25) is 4.79 Å². The topological polar surface area (TPSA) is 46.6 Å². The molecular weight excluding hydrogens is 230 g/mol. The van der Waals surface area contributed by atoms with E-state index in [1.165, 1.54) is 7.05 Å². The molecule has 1 aromatic rings. The molecule has 1 fully saturated rings. The summed E-state index contributed by atoms with van der Waals surface area (Å²) in [6.45, 7) is 4.05. The monoisotopic (exact) mass is 247 g/mol. The van der Waals surface area contributed by atoms with Crippen LogP contribution in [0.15, 0.2) is 30.3 Å². The normalized spacial score (nSPS) is 24.3. The number of nitrogens with zero attached hydrogens (tertiary/aromatic N) is 1. The van der Waals surface area contributed by atoms with Crippen LogP contribution in [-0.2, 0) is 14.9 Å². The third kappa shape index (κ3) is 1.68. The van der Waals surface area contributed by atoms with E-state index in [1.54, 1.807) is 0 Å². The van der Waals surface area contributed by atoms with Gasteiger partial charge >= 0.3 is 6.09 Å². The Hall–Kier alpha value is -1.84. The molecule has 1 heterocycles. The number of hydrogen-bond acceptors (Lipinski definition) is 3. The number of benzene rings is 1. The number of rotatable bonds is 2. The lowest BCUT2D eigenvalue weighted by molar-refractivity contribution is -0.143. The predicted molar refractivity (Wildman–Crippen MR) is 67.1 cm³/mol. The molecule has 0 radical (unpaired) electrons. The number of hydrogen-bond donors (Lipinski definition) is 0. The highest BCUT2D eigenvalue weighted by molar-refractivity contribution is 6.00. The third-order valence-corrected chi connectivity index (χ3v) is 3.66. The van der Waals surface area contributed by atoms with Gasteiger partial charge in [0.15, 0.2) is 0 Å². The first-order valence-electron chi connectivity index (χ1n) is 6.00. The van der Waals surface area contributed by atoms with Crippen molar-refractivity contribution in [3.63, 3.8) is 0 Å². The van der Waals surface area contributed by atoms with Crippen molar-refractivity contribution in [2.24, 2.45) is 5.92 Å². The average Bonchev–Trinajstić information content (AvgIpc) is 2.37. The van der Waals surface area contributed by atoms with E-state index in [1.807, 2.05) is 44.2 Å². The molecule has 96 valence electrons. The summed E-state index contributed by atoms with van der Waals surface area (Å²) in [5.41, 5.74) is 0.119. The molecule has 0 spiro atoms. The van der Waals surface area contributed by atoms with Crippen LogP contribution in [0.2, 0.25) is 0 Å². The van der Waals surface area contributed by atoms with Gasteiger partial charge in [0.25, 0.3) is 0 Å². The van der Waals surface area contributed by atoms with Crippen molar-refractivity contribution in [3.8, 4) is 0 Å². The highest BCUT2D eigenvalue weighted by atomic mass is 16.6. The fourth-order valence-electron chi connectivity index (χ4n) is 2.41. The minimum Gasteiger partial charge on any atom is -0.448 e. The number of imide groups is 1. The van der Waals surface area contributed by atoms with Gasteiger partial charge in [0.05, 0.1) is 0 Å². The van der Waals surface area contributed by atoms with E-state index in [9.17, 15) is 9.59 Å². The van der Waals surface area contributed by atoms with Gasteiger partial charge in [-0.2, -0.15) is 0 Å². The van der Waals surface area contributed by atoms with Crippen molar-refractivity contribution >= 4 is 12.0 Å². The Labute approximate surface area is 107 Å². The zero-order valence-corrected chi connectivity index (χ0v) is 10.8. The van der Waals surface area contributed by atoms with Crippen LogP contribution in [0, 0.1) is 5.92 Å². The van der Waals surface area contributed by atoms with Gasteiger partial charge in [-0.15, -0.1) is 0 Å². The molecule has 1 atom stereocenters. The van der Waals surface area contributed by atoms with E-state index < -0.39 is 11.5 Å². The van der Waals surface area contributed by atoms with Crippen molar-refractivity contribution in [1.29, 1.82) is 0 Å². The van der Waals surface area contributed by atoms with E-state index in [-0.39, 0.29) is 18.4 Å². The van der Waals surface area contributed by atoms with Crippen LogP contribution in [0.3, 0.4) is 0 Å². The van der Waals surface area contributed by atoms with E-state index in [0.29, 0.717) is 0 Å². The molecule has 4 heteroatoms. The fraction of sp³-hybridized carbons (Fsp3) is 0.429. The van der Waals surface area contributed by atoms with E-state index >= 15 is 0 Å². The zero-order chi connectivity index (χ0) is 13.3. The molecule has 2 rings (SSSR count). The predicted octanol–water partition coefficient (Wildman–Crippen LogP) is 2.19. The maximum absolute atomic E-state index is 12.5. The Morgan fingerprint density at radius 3 is 2.39 bits per heavy atom.